The van der Waals surface area contributed by atoms with Crippen LogP contribution in [0.5, 0.6) is 0 Å². The zero-order chi connectivity index (χ0) is 13.4. The van der Waals surface area contributed by atoms with Gasteiger partial charge in [0.1, 0.15) is 0 Å². The average Bonchev–Trinajstić information content (AvgIpc) is 3.01. The lowest BCUT2D eigenvalue weighted by molar-refractivity contribution is 0.0915. The molecular formula is C16H23ClN2O. The summed E-state index contributed by atoms with van der Waals surface area (Å²) in [6, 6.07) is 7.41. The molecule has 1 aromatic carbocycles. The van der Waals surface area contributed by atoms with E-state index in [1.807, 2.05) is 0 Å². The normalized spacial score (nSPS) is 28.8. The molecule has 0 aliphatic heterocycles. The highest BCUT2D eigenvalue weighted by atomic mass is 35.5. The van der Waals surface area contributed by atoms with Gasteiger partial charge in [0.15, 0.2) is 0 Å². The minimum Gasteiger partial charge on any atom is -0.399 e. The quantitative estimate of drug-likeness (QED) is 0.841. The first-order valence-electron chi connectivity index (χ1n) is 7.30. The SMILES string of the molecule is CC(NC(=O)c1ccc(N)cc1)C1CC2CCC1C2.Cl. The van der Waals surface area contributed by atoms with E-state index in [0.717, 1.165) is 11.8 Å². The van der Waals surface area contributed by atoms with Gasteiger partial charge in [0.2, 0.25) is 0 Å². The Hall–Kier alpha value is -1.22. The summed E-state index contributed by atoms with van der Waals surface area (Å²) in [5.41, 5.74) is 7.03. The predicted octanol–water partition coefficient (Wildman–Crippen LogP) is 3.25. The van der Waals surface area contributed by atoms with Crippen molar-refractivity contribution in [3.63, 3.8) is 0 Å². The van der Waals surface area contributed by atoms with Crippen molar-refractivity contribution in [2.45, 2.75) is 38.6 Å². The molecule has 2 aliphatic carbocycles. The molecule has 2 bridgehead atoms. The Kier molecular flexibility index (Phi) is 4.59. The molecule has 0 radical (unpaired) electrons. The van der Waals surface area contributed by atoms with Crippen LogP contribution in [0.15, 0.2) is 24.3 Å². The first-order valence-corrected chi connectivity index (χ1v) is 7.30. The smallest absolute Gasteiger partial charge is 0.251 e. The van der Waals surface area contributed by atoms with Gasteiger partial charge in [0.05, 0.1) is 0 Å². The number of rotatable bonds is 3. The minimum absolute atomic E-state index is 0. The lowest BCUT2D eigenvalue weighted by Gasteiger charge is -2.28. The molecule has 0 saturated heterocycles. The molecule has 0 spiro atoms. The molecule has 3 rings (SSSR count). The molecule has 3 N–H and O–H groups in total. The van der Waals surface area contributed by atoms with Gasteiger partial charge >= 0.3 is 0 Å². The molecule has 4 atom stereocenters. The van der Waals surface area contributed by atoms with E-state index in [4.69, 9.17) is 5.73 Å². The van der Waals surface area contributed by atoms with E-state index < -0.39 is 0 Å². The maximum absolute atomic E-state index is 12.2. The third-order valence-electron chi connectivity index (χ3n) is 4.97. The second kappa shape index (κ2) is 6.04. The van der Waals surface area contributed by atoms with E-state index in [1.54, 1.807) is 24.3 Å². The number of nitrogens with two attached hydrogens (primary N) is 1. The fraction of sp³-hybridized carbons (Fsp3) is 0.562. The molecule has 110 valence electrons. The number of hydrogen-bond donors (Lipinski definition) is 2. The summed E-state index contributed by atoms with van der Waals surface area (Å²) >= 11 is 0. The topological polar surface area (TPSA) is 55.1 Å². The van der Waals surface area contributed by atoms with Gasteiger partial charge in [-0.1, -0.05) is 6.42 Å². The highest BCUT2D eigenvalue weighted by Gasteiger charge is 2.42. The summed E-state index contributed by atoms with van der Waals surface area (Å²) in [5.74, 6) is 2.46. The van der Waals surface area contributed by atoms with E-state index >= 15 is 0 Å². The van der Waals surface area contributed by atoms with Gasteiger partial charge in [-0.2, -0.15) is 0 Å². The molecule has 2 fully saturated rings. The number of benzene rings is 1. The molecule has 2 saturated carbocycles. The minimum atomic E-state index is 0. The Balaban J connectivity index is 0.00000147. The highest BCUT2D eigenvalue weighted by Crippen LogP contribution is 2.49. The van der Waals surface area contributed by atoms with Crippen molar-refractivity contribution in [1.29, 1.82) is 0 Å². The average molecular weight is 295 g/mol. The van der Waals surface area contributed by atoms with Crippen LogP contribution in [0.2, 0.25) is 0 Å². The Bertz CT molecular complexity index is 474. The number of nitrogen functional groups attached to an aromatic ring is 1. The van der Waals surface area contributed by atoms with Crippen molar-refractivity contribution in [1.82, 2.24) is 5.32 Å². The van der Waals surface area contributed by atoms with Gasteiger partial charge in [-0.05, 0) is 68.2 Å². The maximum atomic E-state index is 12.2. The van der Waals surface area contributed by atoms with E-state index in [0.29, 0.717) is 17.2 Å². The summed E-state index contributed by atoms with van der Waals surface area (Å²) < 4.78 is 0. The fourth-order valence-electron chi connectivity index (χ4n) is 3.94. The molecule has 1 amide bonds. The van der Waals surface area contributed by atoms with Crippen LogP contribution in [0, 0.1) is 17.8 Å². The van der Waals surface area contributed by atoms with Crippen LogP contribution in [0.3, 0.4) is 0 Å². The Morgan fingerprint density at radius 1 is 1.25 bits per heavy atom. The molecule has 0 aromatic heterocycles. The zero-order valence-corrected chi connectivity index (χ0v) is 12.7. The molecule has 2 aliphatic rings. The number of carbonyl (C=O) groups excluding carboxylic acids is 1. The maximum Gasteiger partial charge on any atom is 0.251 e. The molecule has 1 aromatic rings. The second-order valence-corrected chi connectivity index (χ2v) is 6.22. The zero-order valence-electron chi connectivity index (χ0n) is 11.8. The Morgan fingerprint density at radius 3 is 2.50 bits per heavy atom. The number of anilines is 1. The van der Waals surface area contributed by atoms with E-state index in [1.165, 1.54) is 25.7 Å². The summed E-state index contributed by atoms with van der Waals surface area (Å²) in [5, 5.41) is 3.16. The van der Waals surface area contributed by atoms with Crippen molar-refractivity contribution in [2.75, 3.05) is 5.73 Å². The number of carbonyl (C=O) groups is 1. The van der Waals surface area contributed by atoms with Crippen LogP contribution in [-0.4, -0.2) is 11.9 Å². The summed E-state index contributed by atoms with van der Waals surface area (Å²) in [6.07, 6.45) is 5.44. The van der Waals surface area contributed by atoms with Crippen LogP contribution in [-0.2, 0) is 0 Å². The predicted molar refractivity (Wildman–Crippen MR) is 84.0 cm³/mol. The Morgan fingerprint density at radius 2 is 1.95 bits per heavy atom. The molecule has 4 unspecified atom stereocenters. The monoisotopic (exact) mass is 294 g/mol. The third-order valence-corrected chi connectivity index (χ3v) is 4.97. The largest absolute Gasteiger partial charge is 0.399 e. The van der Waals surface area contributed by atoms with Crippen LogP contribution < -0.4 is 11.1 Å². The van der Waals surface area contributed by atoms with Crippen molar-refractivity contribution in [3.8, 4) is 0 Å². The number of hydrogen-bond acceptors (Lipinski definition) is 2. The van der Waals surface area contributed by atoms with E-state index in [-0.39, 0.29) is 24.4 Å². The fourth-order valence-corrected chi connectivity index (χ4v) is 3.94. The first-order chi connectivity index (χ1) is 9.13. The number of amides is 1. The molecular weight excluding hydrogens is 272 g/mol. The van der Waals surface area contributed by atoms with Crippen molar-refractivity contribution >= 4 is 24.0 Å². The van der Waals surface area contributed by atoms with E-state index in [2.05, 4.69) is 12.2 Å². The summed E-state index contributed by atoms with van der Waals surface area (Å²) in [6.45, 7) is 2.15. The van der Waals surface area contributed by atoms with Gasteiger partial charge in [-0.15, -0.1) is 12.4 Å². The van der Waals surface area contributed by atoms with Gasteiger partial charge in [-0.25, -0.2) is 0 Å². The van der Waals surface area contributed by atoms with E-state index in [9.17, 15) is 4.79 Å². The van der Waals surface area contributed by atoms with Gasteiger partial charge in [-0.3, -0.25) is 4.79 Å². The Labute approximate surface area is 126 Å². The van der Waals surface area contributed by atoms with Gasteiger partial charge in [0.25, 0.3) is 5.91 Å². The second-order valence-electron chi connectivity index (χ2n) is 6.22. The van der Waals surface area contributed by atoms with Crippen LogP contribution in [0.1, 0.15) is 43.0 Å². The van der Waals surface area contributed by atoms with Gasteiger partial charge < -0.3 is 11.1 Å². The van der Waals surface area contributed by atoms with Crippen molar-refractivity contribution < 1.29 is 4.79 Å². The highest BCUT2D eigenvalue weighted by molar-refractivity contribution is 5.94. The van der Waals surface area contributed by atoms with Gasteiger partial charge in [0, 0.05) is 17.3 Å². The lowest BCUT2D eigenvalue weighted by atomic mass is 9.84. The molecule has 20 heavy (non-hydrogen) atoms. The lowest BCUT2D eigenvalue weighted by Crippen LogP contribution is -2.40. The molecule has 4 heteroatoms. The summed E-state index contributed by atoms with van der Waals surface area (Å²) in [7, 11) is 0. The number of fused-ring (bicyclic) bond motifs is 2. The molecule has 3 nitrogen and oxygen atoms in total. The third kappa shape index (κ3) is 2.93. The summed E-state index contributed by atoms with van der Waals surface area (Å²) in [4.78, 5) is 12.2. The van der Waals surface area contributed by atoms with Crippen LogP contribution in [0.4, 0.5) is 5.69 Å². The standard InChI is InChI=1S/C16H22N2O.ClH/c1-10(15-9-11-2-3-13(15)8-11)18-16(19)12-4-6-14(17)7-5-12;/h4-7,10-11,13,15H,2-3,8-9,17H2,1H3,(H,18,19);1H. The number of halogens is 1. The number of nitrogens with one attached hydrogen (secondary N) is 1. The van der Waals surface area contributed by atoms with Crippen molar-refractivity contribution in [2.24, 2.45) is 17.8 Å². The van der Waals surface area contributed by atoms with Crippen LogP contribution in [0.25, 0.3) is 0 Å². The van der Waals surface area contributed by atoms with Crippen molar-refractivity contribution in [3.05, 3.63) is 29.8 Å². The van der Waals surface area contributed by atoms with Crippen LogP contribution >= 0.6 is 12.4 Å². The first kappa shape index (κ1) is 15.2. The molecule has 0 heterocycles.